The standard InChI is InChI=1S/C12H19N3O2/c1-5-6-12(3,4)14-11-9(2)7-10(8-13-11)15(16)17/h7-8H,5-6H2,1-4H3,(H,13,14). The number of anilines is 1. The quantitative estimate of drug-likeness (QED) is 0.630. The summed E-state index contributed by atoms with van der Waals surface area (Å²) in [5.41, 5.74) is 0.771. The van der Waals surface area contributed by atoms with Crippen molar-refractivity contribution in [1.29, 1.82) is 0 Å². The molecule has 0 aliphatic carbocycles. The van der Waals surface area contributed by atoms with E-state index in [9.17, 15) is 10.1 Å². The first-order chi connectivity index (χ1) is 7.85. The molecule has 0 radical (unpaired) electrons. The van der Waals surface area contributed by atoms with Gasteiger partial charge in [-0.25, -0.2) is 4.98 Å². The number of nitrogens with one attached hydrogen (secondary N) is 1. The third kappa shape index (κ3) is 3.69. The Kier molecular flexibility index (Phi) is 4.04. The Hall–Kier alpha value is -1.65. The molecule has 1 aromatic rings. The number of aromatic nitrogens is 1. The van der Waals surface area contributed by atoms with Crippen LogP contribution in [0.2, 0.25) is 0 Å². The molecule has 1 N–H and O–H groups in total. The molecule has 0 fully saturated rings. The fraction of sp³-hybridized carbons (Fsp3) is 0.583. The molecule has 1 heterocycles. The van der Waals surface area contributed by atoms with Gasteiger partial charge in [0.15, 0.2) is 0 Å². The molecule has 0 unspecified atom stereocenters. The van der Waals surface area contributed by atoms with E-state index in [2.05, 4.69) is 31.1 Å². The van der Waals surface area contributed by atoms with Crippen LogP contribution in [-0.2, 0) is 0 Å². The summed E-state index contributed by atoms with van der Waals surface area (Å²) in [7, 11) is 0. The van der Waals surface area contributed by atoms with Crippen LogP contribution in [0.1, 0.15) is 39.2 Å². The van der Waals surface area contributed by atoms with Gasteiger partial charge in [0.05, 0.1) is 4.92 Å². The number of rotatable bonds is 5. The normalized spacial score (nSPS) is 11.3. The summed E-state index contributed by atoms with van der Waals surface area (Å²) in [6, 6.07) is 1.54. The van der Waals surface area contributed by atoms with Gasteiger partial charge in [-0.15, -0.1) is 0 Å². The SMILES string of the molecule is CCCC(C)(C)Nc1ncc([N+](=O)[O-])cc1C. The molecule has 0 amide bonds. The lowest BCUT2D eigenvalue weighted by molar-refractivity contribution is -0.385. The van der Waals surface area contributed by atoms with Gasteiger partial charge in [0.25, 0.3) is 5.69 Å². The van der Waals surface area contributed by atoms with Crippen molar-refractivity contribution in [2.24, 2.45) is 0 Å². The zero-order chi connectivity index (χ0) is 13.1. The van der Waals surface area contributed by atoms with Gasteiger partial charge in [0.2, 0.25) is 0 Å². The second-order valence-electron chi connectivity index (χ2n) is 4.88. The summed E-state index contributed by atoms with van der Waals surface area (Å²) in [5, 5.41) is 13.9. The molecule has 0 spiro atoms. The monoisotopic (exact) mass is 237 g/mol. The van der Waals surface area contributed by atoms with Gasteiger partial charge >= 0.3 is 0 Å². The molecule has 0 saturated heterocycles. The van der Waals surface area contributed by atoms with E-state index in [0.717, 1.165) is 18.4 Å². The Labute approximate surface area is 101 Å². The van der Waals surface area contributed by atoms with Gasteiger partial charge in [-0.1, -0.05) is 13.3 Å². The largest absolute Gasteiger partial charge is 0.365 e. The van der Waals surface area contributed by atoms with Crippen molar-refractivity contribution in [3.05, 3.63) is 27.9 Å². The summed E-state index contributed by atoms with van der Waals surface area (Å²) in [5.74, 6) is 0.717. The van der Waals surface area contributed by atoms with Gasteiger partial charge in [0.1, 0.15) is 12.0 Å². The van der Waals surface area contributed by atoms with Crippen molar-refractivity contribution in [2.75, 3.05) is 5.32 Å². The number of aryl methyl sites for hydroxylation is 1. The van der Waals surface area contributed by atoms with E-state index in [4.69, 9.17) is 0 Å². The minimum absolute atomic E-state index is 0.0290. The Morgan fingerprint density at radius 2 is 2.18 bits per heavy atom. The third-order valence-corrected chi connectivity index (χ3v) is 2.61. The highest BCUT2D eigenvalue weighted by Gasteiger charge is 2.18. The van der Waals surface area contributed by atoms with Crippen LogP contribution in [0, 0.1) is 17.0 Å². The molecule has 0 aliphatic heterocycles. The first-order valence-corrected chi connectivity index (χ1v) is 5.75. The van der Waals surface area contributed by atoms with Gasteiger partial charge in [-0.3, -0.25) is 10.1 Å². The lowest BCUT2D eigenvalue weighted by atomic mass is 9.99. The fourth-order valence-electron chi connectivity index (χ4n) is 1.80. The third-order valence-electron chi connectivity index (χ3n) is 2.61. The van der Waals surface area contributed by atoms with Crippen molar-refractivity contribution < 1.29 is 4.92 Å². The molecule has 5 nitrogen and oxygen atoms in total. The van der Waals surface area contributed by atoms with Crippen molar-refractivity contribution in [1.82, 2.24) is 4.98 Å². The number of nitrogens with zero attached hydrogens (tertiary/aromatic N) is 2. The van der Waals surface area contributed by atoms with E-state index >= 15 is 0 Å². The molecule has 1 rings (SSSR count). The van der Waals surface area contributed by atoms with Crippen LogP contribution in [0.25, 0.3) is 0 Å². The second-order valence-corrected chi connectivity index (χ2v) is 4.88. The molecule has 5 heteroatoms. The molecular formula is C12H19N3O2. The molecule has 0 saturated carbocycles. The van der Waals surface area contributed by atoms with E-state index in [1.807, 2.05) is 6.92 Å². The van der Waals surface area contributed by atoms with Gasteiger partial charge in [-0.05, 0) is 32.8 Å². The number of hydrogen-bond donors (Lipinski definition) is 1. The first-order valence-electron chi connectivity index (χ1n) is 5.75. The van der Waals surface area contributed by atoms with Crippen LogP contribution in [0.15, 0.2) is 12.3 Å². The summed E-state index contributed by atoms with van der Waals surface area (Å²) in [6.45, 7) is 8.14. The highest BCUT2D eigenvalue weighted by atomic mass is 16.6. The second kappa shape index (κ2) is 5.12. The lowest BCUT2D eigenvalue weighted by Crippen LogP contribution is -2.31. The van der Waals surface area contributed by atoms with Gasteiger partial charge < -0.3 is 5.32 Å². The summed E-state index contributed by atoms with van der Waals surface area (Å²) >= 11 is 0. The van der Waals surface area contributed by atoms with Crippen molar-refractivity contribution >= 4 is 11.5 Å². The van der Waals surface area contributed by atoms with Crippen LogP contribution in [0.3, 0.4) is 0 Å². The first kappa shape index (κ1) is 13.4. The average Bonchev–Trinajstić information content (AvgIpc) is 2.20. The number of nitro groups is 1. The zero-order valence-corrected chi connectivity index (χ0v) is 10.8. The van der Waals surface area contributed by atoms with Crippen LogP contribution in [0.5, 0.6) is 0 Å². The number of pyridine rings is 1. The maximum atomic E-state index is 10.6. The van der Waals surface area contributed by atoms with Crippen LogP contribution in [-0.4, -0.2) is 15.4 Å². The maximum absolute atomic E-state index is 10.6. The van der Waals surface area contributed by atoms with Gasteiger partial charge in [0, 0.05) is 11.6 Å². The number of hydrogen-bond acceptors (Lipinski definition) is 4. The molecule has 0 bridgehead atoms. The van der Waals surface area contributed by atoms with Crippen LogP contribution < -0.4 is 5.32 Å². The lowest BCUT2D eigenvalue weighted by Gasteiger charge is -2.27. The van der Waals surface area contributed by atoms with Crippen LogP contribution >= 0.6 is 0 Å². The minimum atomic E-state index is -0.430. The van der Waals surface area contributed by atoms with E-state index in [-0.39, 0.29) is 11.2 Å². The molecule has 94 valence electrons. The summed E-state index contributed by atoms with van der Waals surface area (Å²) in [6.07, 6.45) is 3.38. The highest BCUT2D eigenvalue weighted by Crippen LogP contribution is 2.23. The van der Waals surface area contributed by atoms with Gasteiger partial charge in [-0.2, -0.15) is 0 Å². The molecule has 1 aromatic heterocycles. The highest BCUT2D eigenvalue weighted by molar-refractivity contribution is 5.49. The zero-order valence-electron chi connectivity index (χ0n) is 10.8. The van der Waals surface area contributed by atoms with Crippen LogP contribution in [0.4, 0.5) is 11.5 Å². The predicted molar refractivity (Wildman–Crippen MR) is 68.2 cm³/mol. The molecule has 0 atom stereocenters. The van der Waals surface area contributed by atoms with E-state index in [1.165, 1.54) is 12.3 Å². The fourth-order valence-corrected chi connectivity index (χ4v) is 1.80. The topological polar surface area (TPSA) is 68.1 Å². The summed E-state index contributed by atoms with van der Waals surface area (Å²) < 4.78 is 0. The molecule has 17 heavy (non-hydrogen) atoms. The Morgan fingerprint density at radius 1 is 1.53 bits per heavy atom. The maximum Gasteiger partial charge on any atom is 0.287 e. The Bertz CT molecular complexity index is 416. The molecule has 0 aliphatic rings. The smallest absolute Gasteiger partial charge is 0.287 e. The van der Waals surface area contributed by atoms with E-state index in [0.29, 0.717) is 5.82 Å². The Morgan fingerprint density at radius 3 is 2.65 bits per heavy atom. The molecule has 0 aromatic carbocycles. The van der Waals surface area contributed by atoms with Crippen molar-refractivity contribution in [2.45, 2.75) is 46.1 Å². The van der Waals surface area contributed by atoms with Crippen molar-refractivity contribution in [3.8, 4) is 0 Å². The molecular weight excluding hydrogens is 218 g/mol. The predicted octanol–water partition coefficient (Wildman–Crippen LogP) is 3.29. The Balaban J connectivity index is 2.90. The minimum Gasteiger partial charge on any atom is -0.365 e. The average molecular weight is 237 g/mol. The van der Waals surface area contributed by atoms with E-state index in [1.54, 1.807) is 0 Å². The van der Waals surface area contributed by atoms with Crippen molar-refractivity contribution in [3.63, 3.8) is 0 Å². The van der Waals surface area contributed by atoms with E-state index < -0.39 is 4.92 Å². The summed E-state index contributed by atoms with van der Waals surface area (Å²) in [4.78, 5) is 14.3.